The van der Waals surface area contributed by atoms with Crippen LogP contribution in [0, 0.1) is 0 Å². The number of thioether (sulfide) groups is 1. The first kappa shape index (κ1) is 21.0. The lowest BCUT2D eigenvalue weighted by Gasteiger charge is -2.22. The Morgan fingerprint density at radius 3 is 2.36 bits per heavy atom. The fraction of sp³-hybridized carbons (Fsp3) is 0.471. The van der Waals surface area contributed by atoms with E-state index in [-0.39, 0.29) is 6.42 Å². The van der Waals surface area contributed by atoms with Gasteiger partial charge in [0.15, 0.2) is 0 Å². The number of aliphatic carboxylic acids is 1. The average Bonchev–Trinajstić information content (AvgIpc) is 2.59. The second-order valence-corrected chi connectivity index (χ2v) is 6.69. The summed E-state index contributed by atoms with van der Waals surface area (Å²) in [4.78, 5) is 35.6. The van der Waals surface area contributed by atoms with Crippen LogP contribution in [0.25, 0.3) is 0 Å². The lowest BCUT2D eigenvalue weighted by Crippen LogP contribution is -2.54. The molecule has 0 saturated carbocycles. The summed E-state index contributed by atoms with van der Waals surface area (Å²) in [6.45, 7) is 1.37. The molecule has 3 atom stereocenters. The third-order valence-corrected chi connectivity index (χ3v) is 4.26. The zero-order valence-corrected chi connectivity index (χ0v) is 15.2. The molecule has 1 aromatic rings. The van der Waals surface area contributed by atoms with Crippen LogP contribution in [0.15, 0.2) is 30.3 Å². The van der Waals surface area contributed by atoms with Crippen molar-refractivity contribution in [3.05, 3.63) is 35.9 Å². The van der Waals surface area contributed by atoms with Gasteiger partial charge in [0, 0.05) is 6.42 Å². The number of rotatable bonds is 10. The molecule has 2 amide bonds. The van der Waals surface area contributed by atoms with Crippen LogP contribution in [0.5, 0.6) is 0 Å². The highest BCUT2D eigenvalue weighted by molar-refractivity contribution is 7.98. The van der Waals surface area contributed by atoms with Gasteiger partial charge in [-0.15, -0.1) is 0 Å². The minimum absolute atomic E-state index is 0.250. The molecule has 0 fully saturated rings. The third-order valence-electron chi connectivity index (χ3n) is 3.61. The Hall–Kier alpha value is -2.06. The molecule has 138 valence electrons. The highest BCUT2D eigenvalue weighted by atomic mass is 32.2. The van der Waals surface area contributed by atoms with E-state index >= 15 is 0 Å². The van der Waals surface area contributed by atoms with Crippen LogP contribution < -0.4 is 16.4 Å². The summed E-state index contributed by atoms with van der Waals surface area (Å²) in [5.41, 5.74) is 6.69. The normalized spacial score (nSPS) is 14.2. The van der Waals surface area contributed by atoms with Gasteiger partial charge in [-0.3, -0.25) is 14.4 Å². The van der Waals surface area contributed by atoms with Crippen molar-refractivity contribution in [1.29, 1.82) is 0 Å². The van der Waals surface area contributed by atoms with Gasteiger partial charge in [-0.05, 0) is 30.9 Å². The predicted octanol–water partition coefficient (Wildman–Crippen LogP) is 0.384. The van der Waals surface area contributed by atoms with E-state index < -0.39 is 35.9 Å². The molecule has 3 unspecified atom stereocenters. The first-order chi connectivity index (χ1) is 11.8. The van der Waals surface area contributed by atoms with Gasteiger partial charge in [-0.1, -0.05) is 30.3 Å². The summed E-state index contributed by atoms with van der Waals surface area (Å²) in [6, 6.07) is 6.52. The summed E-state index contributed by atoms with van der Waals surface area (Å²) in [6.07, 6.45) is 2.67. The van der Waals surface area contributed by atoms with Crippen molar-refractivity contribution in [1.82, 2.24) is 10.6 Å². The van der Waals surface area contributed by atoms with E-state index in [4.69, 9.17) is 10.8 Å². The number of hydrogen-bond acceptors (Lipinski definition) is 5. The van der Waals surface area contributed by atoms with Crippen LogP contribution in [0.1, 0.15) is 18.9 Å². The second kappa shape index (κ2) is 10.7. The Kier molecular flexibility index (Phi) is 9.01. The molecule has 0 aliphatic carbocycles. The molecule has 0 saturated heterocycles. The molecule has 0 aliphatic heterocycles. The number of carbonyl (C=O) groups is 3. The Balaban J connectivity index is 2.81. The van der Waals surface area contributed by atoms with Gasteiger partial charge < -0.3 is 21.5 Å². The van der Waals surface area contributed by atoms with E-state index in [1.54, 1.807) is 11.8 Å². The zero-order valence-electron chi connectivity index (χ0n) is 14.4. The van der Waals surface area contributed by atoms with E-state index in [1.807, 2.05) is 36.6 Å². The van der Waals surface area contributed by atoms with Gasteiger partial charge in [0.2, 0.25) is 11.8 Å². The molecule has 0 radical (unpaired) electrons. The van der Waals surface area contributed by atoms with Crippen molar-refractivity contribution >= 4 is 29.5 Å². The van der Waals surface area contributed by atoms with Crippen LogP contribution >= 0.6 is 11.8 Å². The Labute approximate surface area is 151 Å². The fourth-order valence-corrected chi connectivity index (χ4v) is 2.58. The average molecular weight is 367 g/mol. The summed E-state index contributed by atoms with van der Waals surface area (Å²) in [7, 11) is 0. The molecule has 5 N–H and O–H groups in total. The number of nitrogens with one attached hydrogen (secondary N) is 2. The van der Waals surface area contributed by atoms with Crippen molar-refractivity contribution < 1.29 is 19.5 Å². The van der Waals surface area contributed by atoms with Crippen LogP contribution in [-0.4, -0.2) is 53.0 Å². The zero-order chi connectivity index (χ0) is 18.8. The number of nitrogens with two attached hydrogens (primary N) is 1. The molecule has 0 aromatic heterocycles. The maximum atomic E-state index is 12.4. The first-order valence-corrected chi connectivity index (χ1v) is 9.36. The van der Waals surface area contributed by atoms with Crippen LogP contribution in [0.4, 0.5) is 0 Å². The third kappa shape index (κ3) is 7.57. The second-order valence-electron chi connectivity index (χ2n) is 5.71. The summed E-state index contributed by atoms with van der Waals surface area (Å²) in [5, 5.41) is 14.0. The number of hydrogen-bond donors (Lipinski definition) is 4. The van der Waals surface area contributed by atoms with Gasteiger partial charge in [-0.25, -0.2) is 0 Å². The molecule has 0 heterocycles. The monoisotopic (exact) mass is 367 g/mol. The lowest BCUT2D eigenvalue weighted by molar-refractivity contribution is -0.141. The van der Waals surface area contributed by atoms with Crippen molar-refractivity contribution in [2.45, 2.75) is 37.9 Å². The Morgan fingerprint density at radius 1 is 1.16 bits per heavy atom. The van der Waals surface area contributed by atoms with Crippen LogP contribution in [0.3, 0.4) is 0 Å². The number of carboxylic acids is 1. The van der Waals surface area contributed by atoms with E-state index in [0.29, 0.717) is 6.42 Å². The quantitative estimate of drug-likeness (QED) is 0.474. The summed E-state index contributed by atoms with van der Waals surface area (Å²) >= 11 is 1.58. The lowest BCUT2D eigenvalue weighted by atomic mass is 10.0. The number of amides is 2. The van der Waals surface area contributed by atoms with Gasteiger partial charge in [-0.2, -0.15) is 11.8 Å². The SMILES string of the molecule is CSCCC(N)C(=O)NC(Cc1ccccc1)C(=O)NC(C)C(=O)O. The molecule has 0 bridgehead atoms. The molecule has 7 nitrogen and oxygen atoms in total. The van der Waals surface area contributed by atoms with E-state index in [1.165, 1.54) is 6.92 Å². The van der Waals surface area contributed by atoms with Crippen molar-refractivity contribution in [3.8, 4) is 0 Å². The van der Waals surface area contributed by atoms with E-state index in [9.17, 15) is 14.4 Å². The Morgan fingerprint density at radius 2 is 1.80 bits per heavy atom. The fourth-order valence-electron chi connectivity index (χ4n) is 2.09. The predicted molar refractivity (Wildman–Crippen MR) is 98.3 cm³/mol. The smallest absolute Gasteiger partial charge is 0.325 e. The topological polar surface area (TPSA) is 122 Å². The first-order valence-electron chi connectivity index (χ1n) is 7.97. The van der Waals surface area contributed by atoms with Gasteiger partial charge in [0.1, 0.15) is 12.1 Å². The minimum atomic E-state index is -1.14. The molecule has 0 spiro atoms. The largest absolute Gasteiger partial charge is 0.480 e. The minimum Gasteiger partial charge on any atom is -0.480 e. The number of carboxylic acid groups (broad SMARTS) is 1. The van der Waals surface area contributed by atoms with E-state index in [0.717, 1.165) is 11.3 Å². The van der Waals surface area contributed by atoms with Crippen LogP contribution in [0.2, 0.25) is 0 Å². The molecule has 0 aliphatic rings. The van der Waals surface area contributed by atoms with Gasteiger partial charge in [0.25, 0.3) is 0 Å². The number of benzene rings is 1. The molecule has 25 heavy (non-hydrogen) atoms. The molecule has 1 rings (SSSR count). The van der Waals surface area contributed by atoms with E-state index in [2.05, 4.69) is 10.6 Å². The maximum absolute atomic E-state index is 12.4. The van der Waals surface area contributed by atoms with Crippen LogP contribution in [-0.2, 0) is 20.8 Å². The molecular weight excluding hydrogens is 342 g/mol. The van der Waals surface area contributed by atoms with Crippen molar-refractivity contribution in [2.75, 3.05) is 12.0 Å². The van der Waals surface area contributed by atoms with Gasteiger partial charge >= 0.3 is 5.97 Å². The van der Waals surface area contributed by atoms with Crippen molar-refractivity contribution in [3.63, 3.8) is 0 Å². The van der Waals surface area contributed by atoms with Gasteiger partial charge in [0.05, 0.1) is 6.04 Å². The summed E-state index contributed by atoms with van der Waals surface area (Å²) < 4.78 is 0. The maximum Gasteiger partial charge on any atom is 0.325 e. The molecular formula is C17H25N3O4S. The molecule has 8 heteroatoms. The number of carbonyl (C=O) groups excluding carboxylic acids is 2. The highest BCUT2D eigenvalue weighted by Crippen LogP contribution is 2.05. The standard InChI is InChI=1S/C17H25N3O4S/c1-11(17(23)24)19-16(22)14(10-12-6-4-3-5-7-12)20-15(21)13(18)8-9-25-2/h3-7,11,13-14H,8-10,18H2,1-2H3,(H,19,22)(H,20,21)(H,23,24). The summed E-state index contributed by atoms with van der Waals surface area (Å²) in [5.74, 6) is -1.38. The highest BCUT2D eigenvalue weighted by Gasteiger charge is 2.26. The molecule has 1 aromatic carbocycles. The van der Waals surface area contributed by atoms with Crippen molar-refractivity contribution in [2.24, 2.45) is 5.73 Å². The Bertz CT molecular complexity index is 583.